The average Bonchev–Trinajstić information content (AvgIpc) is 3.30. The van der Waals surface area contributed by atoms with E-state index in [9.17, 15) is 14.4 Å². The van der Waals surface area contributed by atoms with Crippen LogP contribution in [-0.2, 0) is 9.59 Å². The Bertz CT molecular complexity index is 1290. The van der Waals surface area contributed by atoms with Gasteiger partial charge in [-0.1, -0.05) is 6.07 Å². The minimum absolute atomic E-state index is 0.0850. The number of nitrogens with zero attached hydrogens (tertiary/aromatic N) is 4. The minimum Gasteiger partial charge on any atom is -0.312 e. The molecule has 0 spiro atoms. The first-order valence-corrected chi connectivity index (χ1v) is 10.5. The second-order valence-electron chi connectivity index (χ2n) is 8.35. The van der Waals surface area contributed by atoms with E-state index < -0.39 is 5.92 Å². The van der Waals surface area contributed by atoms with Crippen LogP contribution in [0.4, 0.5) is 11.5 Å². The van der Waals surface area contributed by atoms with E-state index in [1.54, 1.807) is 31.7 Å². The third-order valence-corrected chi connectivity index (χ3v) is 5.96. The number of anilines is 2. The molecule has 166 valence electrons. The van der Waals surface area contributed by atoms with Crippen molar-refractivity contribution in [1.82, 2.24) is 19.7 Å². The predicted molar refractivity (Wildman–Crippen MR) is 121 cm³/mol. The average molecular weight is 435 g/mol. The van der Waals surface area contributed by atoms with Crippen LogP contribution in [0.1, 0.15) is 34.5 Å². The number of H-pyrrole nitrogens is 1. The summed E-state index contributed by atoms with van der Waals surface area (Å²) < 4.78 is 1.40. The Labute approximate surface area is 185 Å². The number of aromatic nitrogens is 4. The number of benzene rings is 1. The molecule has 4 rings (SSSR count). The highest BCUT2D eigenvalue weighted by atomic mass is 16.2. The lowest BCUT2D eigenvalue weighted by Gasteiger charge is -2.18. The molecule has 9 nitrogen and oxygen atoms in total. The lowest BCUT2D eigenvalue weighted by atomic mass is 10.1. The van der Waals surface area contributed by atoms with Crippen LogP contribution < -0.4 is 15.8 Å². The molecule has 1 atom stereocenters. The lowest BCUT2D eigenvalue weighted by Crippen LogP contribution is -2.29. The maximum Gasteiger partial charge on any atom is 0.255 e. The Morgan fingerprint density at radius 2 is 1.84 bits per heavy atom. The molecule has 1 aliphatic rings. The lowest BCUT2D eigenvalue weighted by molar-refractivity contribution is -0.122. The number of carbonyl (C=O) groups is 2. The van der Waals surface area contributed by atoms with Gasteiger partial charge in [0.25, 0.3) is 5.56 Å². The quantitative estimate of drug-likeness (QED) is 0.655. The molecule has 2 N–H and O–H groups in total. The van der Waals surface area contributed by atoms with E-state index in [2.05, 4.69) is 20.4 Å². The molecule has 0 bridgehead atoms. The Balaban J connectivity index is 1.56. The van der Waals surface area contributed by atoms with Crippen LogP contribution in [0.3, 0.4) is 0 Å². The Morgan fingerprint density at radius 1 is 1.09 bits per heavy atom. The first-order chi connectivity index (χ1) is 15.1. The zero-order valence-corrected chi connectivity index (χ0v) is 18.8. The Morgan fingerprint density at radius 3 is 2.53 bits per heavy atom. The number of aryl methyl sites for hydroxylation is 4. The number of hydrogen-bond acceptors (Lipinski definition) is 5. The summed E-state index contributed by atoms with van der Waals surface area (Å²) in [4.78, 5) is 46.5. The molecule has 0 saturated carbocycles. The molecule has 1 unspecified atom stereocenters. The molecule has 2 amide bonds. The maximum atomic E-state index is 13.0. The van der Waals surface area contributed by atoms with Crippen LogP contribution in [0.15, 0.2) is 29.1 Å². The van der Waals surface area contributed by atoms with Crippen molar-refractivity contribution in [3.8, 4) is 5.95 Å². The summed E-state index contributed by atoms with van der Waals surface area (Å²) in [7, 11) is 0. The van der Waals surface area contributed by atoms with Gasteiger partial charge >= 0.3 is 0 Å². The van der Waals surface area contributed by atoms with Gasteiger partial charge in [0, 0.05) is 36.0 Å². The molecule has 0 radical (unpaired) electrons. The van der Waals surface area contributed by atoms with Gasteiger partial charge in [-0.25, -0.2) is 4.98 Å². The van der Waals surface area contributed by atoms with Gasteiger partial charge in [-0.2, -0.15) is 9.78 Å². The van der Waals surface area contributed by atoms with Gasteiger partial charge in [0.1, 0.15) is 5.82 Å². The third kappa shape index (κ3) is 3.93. The van der Waals surface area contributed by atoms with Crippen molar-refractivity contribution < 1.29 is 9.59 Å². The first-order valence-electron chi connectivity index (χ1n) is 10.5. The number of rotatable bonds is 4. The summed E-state index contributed by atoms with van der Waals surface area (Å²) in [6.07, 6.45) is 0.130. The van der Waals surface area contributed by atoms with E-state index in [-0.39, 0.29) is 29.7 Å². The van der Waals surface area contributed by atoms with E-state index in [1.165, 1.54) is 4.68 Å². The molecule has 3 aromatic rings. The van der Waals surface area contributed by atoms with Gasteiger partial charge in [-0.15, -0.1) is 0 Å². The van der Waals surface area contributed by atoms with Gasteiger partial charge in [0.05, 0.1) is 11.6 Å². The van der Waals surface area contributed by atoms with Crippen molar-refractivity contribution in [2.24, 2.45) is 5.92 Å². The highest BCUT2D eigenvalue weighted by molar-refractivity contribution is 6.03. The molecule has 32 heavy (non-hydrogen) atoms. The molecule has 3 heterocycles. The molecular weight excluding hydrogens is 408 g/mol. The van der Waals surface area contributed by atoms with Gasteiger partial charge in [0.15, 0.2) is 0 Å². The molecule has 9 heteroatoms. The smallest absolute Gasteiger partial charge is 0.255 e. The topological polar surface area (TPSA) is 113 Å². The van der Waals surface area contributed by atoms with Crippen molar-refractivity contribution in [1.29, 1.82) is 0 Å². The van der Waals surface area contributed by atoms with E-state index in [4.69, 9.17) is 0 Å². The monoisotopic (exact) mass is 434 g/mol. The summed E-state index contributed by atoms with van der Waals surface area (Å²) in [6.45, 7) is 9.54. The summed E-state index contributed by atoms with van der Waals surface area (Å²) in [5, 5.41) is 7.22. The molecule has 0 aliphatic carbocycles. The van der Waals surface area contributed by atoms with E-state index in [1.807, 2.05) is 32.0 Å². The minimum atomic E-state index is -0.500. The van der Waals surface area contributed by atoms with Crippen molar-refractivity contribution in [3.05, 3.63) is 62.7 Å². The van der Waals surface area contributed by atoms with Crippen molar-refractivity contribution in [2.45, 2.75) is 41.0 Å². The van der Waals surface area contributed by atoms with Crippen LogP contribution in [-0.4, -0.2) is 38.1 Å². The fraction of sp³-hybridized carbons (Fsp3) is 0.348. The van der Waals surface area contributed by atoms with E-state index >= 15 is 0 Å². The highest BCUT2D eigenvalue weighted by Crippen LogP contribution is 2.28. The van der Waals surface area contributed by atoms with Crippen LogP contribution in [0.5, 0.6) is 0 Å². The first kappa shape index (κ1) is 21.5. The Kier molecular flexibility index (Phi) is 5.41. The number of amides is 2. The highest BCUT2D eigenvalue weighted by Gasteiger charge is 2.35. The second kappa shape index (κ2) is 8.07. The van der Waals surface area contributed by atoms with Gasteiger partial charge in [0.2, 0.25) is 17.8 Å². The van der Waals surface area contributed by atoms with Crippen molar-refractivity contribution >= 4 is 23.3 Å². The van der Waals surface area contributed by atoms with Crippen LogP contribution in [0.25, 0.3) is 5.95 Å². The number of carbonyl (C=O) groups excluding carboxylic acids is 2. The largest absolute Gasteiger partial charge is 0.312 e. The maximum absolute atomic E-state index is 13.0. The summed E-state index contributed by atoms with van der Waals surface area (Å²) >= 11 is 0. The van der Waals surface area contributed by atoms with Gasteiger partial charge in [-0.3, -0.25) is 19.4 Å². The predicted octanol–water partition coefficient (Wildman–Crippen LogP) is 2.49. The molecule has 1 saturated heterocycles. The third-order valence-electron chi connectivity index (χ3n) is 5.96. The molecule has 2 aromatic heterocycles. The number of aromatic amines is 1. The normalized spacial score (nSPS) is 16.0. The molecule has 1 aliphatic heterocycles. The summed E-state index contributed by atoms with van der Waals surface area (Å²) in [5.74, 6) is -0.258. The van der Waals surface area contributed by atoms with Crippen LogP contribution >= 0.6 is 0 Å². The van der Waals surface area contributed by atoms with E-state index in [0.717, 1.165) is 16.8 Å². The van der Waals surface area contributed by atoms with Gasteiger partial charge < -0.3 is 10.2 Å². The SMILES string of the molecule is Cc1cc(NC(=O)C2CC(=O)N(c3ccc(C)c(C)c3)C2)n(-c2nc(C)c(C)c(=O)[nH]2)n1. The zero-order chi connectivity index (χ0) is 23.2. The summed E-state index contributed by atoms with van der Waals surface area (Å²) in [6, 6.07) is 7.54. The van der Waals surface area contributed by atoms with Crippen LogP contribution in [0.2, 0.25) is 0 Å². The zero-order valence-electron chi connectivity index (χ0n) is 18.8. The van der Waals surface area contributed by atoms with Crippen molar-refractivity contribution in [3.63, 3.8) is 0 Å². The van der Waals surface area contributed by atoms with Crippen molar-refractivity contribution in [2.75, 3.05) is 16.8 Å². The molecular formula is C23H26N6O3. The van der Waals surface area contributed by atoms with Crippen LogP contribution in [0, 0.1) is 40.5 Å². The standard InChI is InChI=1S/C23H26N6O3/c1-12-6-7-18(8-13(12)2)28-11-17(10-20(28)30)22(32)25-19-9-14(3)27-29(19)23-24-16(5)15(4)21(31)26-23/h6-9,17H,10-11H2,1-5H3,(H,25,32)(H,24,26,31). The number of hydrogen-bond donors (Lipinski definition) is 2. The summed E-state index contributed by atoms with van der Waals surface area (Å²) in [5.41, 5.74) is 4.54. The fourth-order valence-electron chi connectivity index (χ4n) is 3.74. The number of nitrogens with one attached hydrogen (secondary N) is 2. The van der Waals surface area contributed by atoms with Gasteiger partial charge in [-0.05, 0) is 57.9 Å². The molecule has 1 fully saturated rings. The van der Waals surface area contributed by atoms with E-state index in [0.29, 0.717) is 29.3 Å². The molecule has 1 aromatic carbocycles. The Hall–Kier alpha value is -3.75. The fourth-order valence-corrected chi connectivity index (χ4v) is 3.74. The second-order valence-corrected chi connectivity index (χ2v) is 8.35.